The second kappa shape index (κ2) is 4.70. The van der Waals surface area contributed by atoms with E-state index in [2.05, 4.69) is 0 Å². The second-order valence-electron chi connectivity index (χ2n) is 3.93. The lowest BCUT2D eigenvalue weighted by Gasteiger charge is -2.18. The number of rotatable bonds is 3. The van der Waals surface area contributed by atoms with Crippen molar-refractivity contribution >= 4 is 28.5 Å². The molecule has 0 aromatic heterocycles. The van der Waals surface area contributed by atoms with Crippen LogP contribution in [-0.4, -0.2) is 29.3 Å². The Hall–Kier alpha value is -1.24. The van der Waals surface area contributed by atoms with Crippen LogP contribution in [0.2, 0.25) is 0 Å². The zero-order valence-corrected chi connectivity index (χ0v) is 11.7. The number of hydrogen-bond donors (Lipinski definition) is 2. The molecule has 0 saturated heterocycles. The summed E-state index contributed by atoms with van der Waals surface area (Å²) >= 11 is 0. The molecule has 0 aliphatic carbocycles. The van der Waals surface area contributed by atoms with E-state index < -0.39 is 17.8 Å². The van der Waals surface area contributed by atoms with Gasteiger partial charge in [-0.2, -0.15) is 0 Å². The Labute approximate surface area is 110 Å². The van der Waals surface area contributed by atoms with Crippen LogP contribution < -0.4 is 0 Å². The maximum atomic E-state index is 12.2. The highest BCUT2D eigenvalue weighted by molar-refractivity contribution is 7.94. The normalized spacial score (nSPS) is 13.1. The van der Waals surface area contributed by atoms with E-state index in [0.717, 1.165) is 7.05 Å². The van der Waals surface area contributed by atoms with Gasteiger partial charge in [0.2, 0.25) is 0 Å². The molecule has 0 spiro atoms. The van der Waals surface area contributed by atoms with Gasteiger partial charge in [0.15, 0.2) is 0 Å². The summed E-state index contributed by atoms with van der Waals surface area (Å²) < 4.78 is 35.7. The zero-order chi connectivity index (χ0) is 14.3. The first-order valence-electron chi connectivity index (χ1n) is 5.27. The van der Waals surface area contributed by atoms with Crippen LogP contribution >= 0.6 is 7.75 Å². The monoisotopic (exact) mass is 301 g/mol. The first-order chi connectivity index (χ1) is 8.74. The molecule has 2 aromatic rings. The molecule has 2 aromatic carbocycles. The predicted molar refractivity (Wildman–Crippen MR) is 70.9 cm³/mol. The fraction of sp³-hybridized carbons (Fsp3) is 0.0909. The fourth-order valence-corrected chi connectivity index (χ4v) is 4.09. The molecule has 102 valence electrons. The highest BCUT2D eigenvalue weighted by Crippen LogP contribution is 2.43. The lowest BCUT2D eigenvalue weighted by Crippen LogP contribution is -2.24. The van der Waals surface area contributed by atoms with E-state index in [-0.39, 0.29) is 8.97 Å². The third-order valence-corrected chi connectivity index (χ3v) is 6.37. The van der Waals surface area contributed by atoms with Crippen molar-refractivity contribution in [2.24, 2.45) is 0 Å². The van der Waals surface area contributed by atoms with Crippen LogP contribution in [-0.2, 0) is 14.6 Å². The van der Waals surface area contributed by atoms with Gasteiger partial charge in [0.05, 0.1) is 4.90 Å². The first kappa shape index (κ1) is 14.2. The van der Waals surface area contributed by atoms with Gasteiger partial charge in [0.25, 0.3) is 10.0 Å². The fourth-order valence-electron chi connectivity index (χ4n) is 1.70. The van der Waals surface area contributed by atoms with E-state index in [9.17, 15) is 13.0 Å². The third kappa shape index (κ3) is 2.56. The molecule has 19 heavy (non-hydrogen) atoms. The van der Waals surface area contributed by atoms with Crippen LogP contribution in [0.4, 0.5) is 0 Å². The molecule has 0 fully saturated rings. The maximum absolute atomic E-state index is 12.2. The minimum Gasteiger partial charge on any atom is -0.312 e. The van der Waals surface area contributed by atoms with E-state index >= 15 is 0 Å². The highest BCUT2D eigenvalue weighted by atomic mass is 32.2. The second-order valence-corrected chi connectivity index (χ2v) is 7.76. The molecule has 0 radical (unpaired) electrons. The van der Waals surface area contributed by atoms with Crippen LogP contribution in [0.3, 0.4) is 0 Å². The lowest BCUT2D eigenvalue weighted by atomic mass is 10.1. The Bertz CT molecular complexity index is 762. The number of sulfonamides is 1. The van der Waals surface area contributed by atoms with E-state index in [1.807, 2.05) is 0 Å². The van der Waals surface area contributed by atoms with Crippen molar-refractivity contribution in [1.29, 1.82) is 0 Å². The highest BCUT2D eigenvalue weighted by Gasteiger charge is 2.35. The summed E-state index contributed by atoms with van der Waals surface area (Å²) in [5, 5.41) is 1.10. The number of benzene rings is 2. The number of fused-ring (bicyclic) bond motifs is 1. The molecular weight excluding hydrogens is 289 g/mol. The molecule has 8 heteroatoms. The Morgan fingerprint density at radius 2 is 1.63 bits per heavy atom. The minimum absolute atomic E-state index is 0.0851. The van der Waals surface area contributed by atoms with Crippen molar-refractivity contribution in [3.05, 3.63) is 42.5 Å². The molecule has 0 amide bonds. The number of hydrogen-bond acceptors (Lipinski definition) is 3. The van der Waals surface area contributed by atoms with Crippen molar-refractivity contribution in [2.45, 2.75) is 4.90 Å². The molecular formula is C11H12NO5PS. The van der Waals surface area contributed by atoms with Crippen LogP contribution in [0.25, 0.3) is 10.8 Å². The molecule has 2 N–H and O–H groups in total. The molecule has 0 heterocycles. The van der Waals surface area contributed by atoms with Gasteiger partial charge in [-0.1, -0.05) is 36.4 Å². The summed E-state index contributed by atoms with van der Waals surface area (Å²) in [7, 11) is -8.27. The van der Waals surface area contributed by atoms with Gasteiger partial charge < -0.3 is 9.79 Å². The Balaban J connectivity index is 2.72. The van der Waals surface area contributed by atoms with Crippen molar-refractivity contribution in [3.8, 4) is 0 Å². The van der Waals surface area contributed by atoms with Gasteiger partial charge in [-0.25, -0.2) is 13.0 Å². The average Bonchev–Trinajstić information content (AvgIpc) is 2.36. The van der Waals surface area contributed by atoms with Crippen molar-refractivity contribution in [2.75, 3.05) is 7.05 Å². The SMILES string of the molecule is CN(P(=O)(O)O)S(=O)(=O)c1cccc2ccccc12. The summed E-state index contributed by atoms with van der Waals surface area (Å²) in [5.41, 5.74) is 0. The van der Waals surface area contributed by atoms with Crippen molar-refractivity contribution in [3.63, 3.8) is 0 Å². The molecule has 0 atom stereocenters. The average molecular weight is 301 g/mol. The van der Waals surface area contributed by atoms with Crippen LogP contribution in [0.5, 0.6) is 0 Å². The summed E-state index contributed by atoms with van der Waals surface area (Å²) in [6.07, 6.45) is 0. The smallest absolute Gasteiger partial charge is 0.312 e. The summed E-state index contributed by atoms with van der Waals surface area (Å²) in [5.74, 6) is 0. The van der Waals surface area contributed by atoms with Crippen molar-refractivity contribution in [1.82, 2.24) is 4.08 Å². The molecule has 0 bridgehead atoms. The van der Waals surface area contributed by atoms with Gasteiger partial charge in [-0.15, -0.1) is 4.08 Å². The quantitative estimate of drug-likeness (QED) is 0.839. The topological polar surface area (TPSA) is 94.9 Å². The molecule has 0 aliphatic rings. The van der Waals surface area contributed by atoms with E-state index in [1.165, 1.54) is 12.1 Å². The van der Waals surface area contributed by atoms with Crippen molar-refractivity contribution < 1.29 is 22.8 Å². The first-order valence-corrected chi connectivity index (χ1v) is 8.28. The van der Waals surface area contributed by atoms with Crippen LogP contribution in [0.1, 0.15) is 0 Å². The van der Waals surface area contributed by atoms with Gasteiger partial charge in [0.1, 0.15) is 0 Å². The summed E-state index contributed by atoms with van der Waals surface area (Å²) in [6, 6.07) is 11.3. The lowest BCUT2D eigenvalue weighted by molar-refractivity contribution is 0.331. The van der Waals surface area contributed by atoms with Crippen LogP contribution in [0, 0.1) is 0 Å². The van der Waals surface area contributed by atoms with E-state index in [0.29, 0.717) is 10.8 Å². The third-order valence-electron chi connectivity index (χ3n) is 2.74. The molecule has 0 unspecified atom stereocenters. The summed E-state index contributed by atoms with van der Waals surface area (Å²) in [6.45, 7) is 0. The molecule has 0 aliphatic heterocycles. The molecule has 2 rings (SSSR count). The largest absolute Gasteiger partial charge is 0.416 e. The minimum atomic E-state index is -4.88. The number of nitrogens with zero attached hydrogens (tertiary/aromatic N) is 1. The summed E-state index contributed by atoms with van der Waals surface area (Å²) in [4.78, 5) is 17.9. The van der Waals surface area contributed by atoms with Crippen LogP contribution in [0.15, 0.2) is 47.4 Å². The zero-order valence-electron chi connectivity index (χ0n) is 9.96. The molecule has 0 saturated carbocycles. The van der Waals surface area contributed by atoms with Gasteiger partial charge >= 0.3 is 7.75 Å². The Morgan fingerprint density at radius 1 is 1.05 bits per heavy atom. The van der Waals surface area contributed by atoms with Gasteiger partial charge in [-0.05, 0) is 11.5 Å². The van der Waals surface area contributed by atoms with E-state index in [1.54, 1.807) is 30.3 Å². The molecule has 6 nitrogen and oxygen atoms in total. The van der Waals surface area contributed by atoms with Gasteiger partial charge in [0, 0.05) is 12.4 Å². The van der Waals surface area contributed by atoms with E-state index in [4.69, 9.17) is 9.79 Å². The Kier molecular flexibility index (Phi) is 3.51. The standard InChI is InChI=1S/C11H12NO5PS/c1-12(18(13,14)15)19(16,17)11-8-4-6-9-5-2-3-7-10(9)11/h2-8H,1H3,(H2,13,14,15). The van der Waals surface area contributed by atoms with Gasteiger partial charge in [-0.3, -0.25) is 0 Å². The Morgan fingerprint density at radius 3 is 2.26 bits per heavy atom. The predicted octanol–water partition coefficient (Wildman–Crippen LogP) is 1.55. The maximum Gasteiger partial charge on any atom is 0.416 e.